The van der Waals surface area contributed by atoms with Gasteiger partial charge in [-0.2, -0.15) is 0 Å². The number of rotatable bonds is 7. The van der Waals surface area contributed by atoms with E-state index in [0.717, 1.165) is 61.3 Å². The maximum atomic E-state index is 6.93. The number of anilines is 3. The van der Waals surface area contributed by atoms with E-state index in [-0.39, 0.29) is 0 Å². The average molecular weight is 778 g/mol. The highest BCUT2D eigenvalue weighted by Gasteiger charge is 2.47. The summed E-state index contributed by atoms with van der Waals surface area (Å²) in [7, 11) is 0. The van der Waals surface area contributed by atoms with Crippen LogP contribution in [0.1, 0.15) is 22.3 Å². The van der Waals surface area contributed by atoms with Gasteiger partial charge in [0.1, 0.15) is 11.2 Å². The van der Waals surface area contributed by atoms with Crippen LogP contribution in [0.15, 0.2) is 241 Å². The van der Waals surface area contributed by atoms with Gasteiger partial charge < -0.3 is 9.32 Å². The Morgan fingerprint density at radius 2 is 0.967 bits per heavy atom. The van der Waals surface area contributed by atoms with Gasteiger partial charge in [0.2, 0.25) is 0 Å². The molecule has 0 aliphatic heterocycles. The standard InChI is InChI=1S/C59H39NO/c1-4-20-41(21-5-1)47-37-38-54(57-49-29-14-17-34-55(49)61-58(47)57)60(52-32-16-13-27-46(52)43-36-35-40-19-10-11-22-42(40)39-43)53-33-18-31-51-56(53)48-28-12-15-30-50(48)59(51,44-23-6-2-7-24-44)45-25-8-3-9-26-45/h1-39H. The van der Waals surface area contributed by atoms with Crippen LogP contribution in [-0.4, -0.2) is 0 Å². The fourth-order valence-corrected chi connectivity index (χ4v) is 10.2. The second-order valence-electron chi connectivity index (χ2n) is 15.9. The summed E-state index contributed by atoms with van der Waals surface area (Å²) >= 11 is 0. The minimum Gasteiger partial charge on any atom is -0.455 e. The number of fused-ring (bicyclic) bond motifs is 7. The molecular formula is C59H39NO. The minimum absolute atomic E-state index is 0.553. The Balaban J connectivity index is 1.22. The molecule has 2 heteroatoms. The van der Waals surface area contributed by atoms with E-state index in [4.69, 9.17) is 4.42 Å². The Morgan fingerprint density at radius 3 is 1.75 bits per heavy atom. The fourth-order valence-electron chi connectivity index (χ4n) is 10.2. The SMILES string of the molecule is c1ccc(-c2ccc(N(c3ccccc3-c3ccc4ccccc4c3)c3cccc4c3-c3ccccc3C4(c3ccccc3)c3ccccc3)c3c2oc2ccccc23)cc1. The number of benzene rings is 10. The van der Waals surface area contributed by atoms with Crippen molar-refractivity contribution in [3.8, 4) is 33.4 Å². The quantitative estimate of drug-likeness (QED) is 0.160. The van der Waals surface area contributed by atoms with E-state index in [1.165, 1.54) is 44.2 Å². The van der Waals surface area contributed by atoms with Gasteiger partial charge in [-0.05, 0) is 86.1 Å². The number of hydrogen-bond donors (Lipinski definition) is 0. The van der Waals surface area contributed by atoms with Gasteiger partial charge >= 0.3 is 0 Å². The highest BCUT2D eigenvalue weighted by atomic mass is 16.3. The molecule has 0 N–H and O–H groups in total. The summed E-state index contributed by atoms with van der Waals surface area (Å²) in [5.41, 5.74) is 16.3. The number of para-hydroxylation sites is 2. The van der Waals surface area contributed by atoms with E-state index in [9.17, 15) is 0 Å². The Labute approximate surface area is 355 Å². The molecular weight excluding hydrogens is 739 g/mol. The van der Waals surface area contributed by atoms with Crippen LogP contribution in [0.2, 0.25) is 0 Å². The van der Waals surface area contributed by atoms with Gasteiger partial charge in [-0.15, -0.1) is 0 Å². The molecule has 1 aliphatic carbocycles. The van der Waals surface area contributed by atoms with Crippen LogP contribution >= 0.6 is 0 Å². The average Bonchev–Trinajstić information content (AvgIpc) is 3.88. The zero-order valence-corrected chi connectivity index (χ0v) is 33.4. The summed E-state index contributed by atoms with van der Waals surface area (Å²) in [4.78, 5) is 2.52. The lowest BCUT2D eigenvalue weighted by Gasteiger charge is -2.34. The molecule has 0 radical (unpaired) electrons. The highest BCUT2D eigenvalue weighted by molar-refractivity contribution is 6.18. The molecule has 11 aromatic rings. The van der Waals surface area contributed by atoms with Gasteiger partial charge in [0, 0.05) is 22.1 Å². The monoisotopic (exact) mass is 777 g/mol. The molecule has 286 valence electrons. The van der Waals surface area contributed by atoms with Crippen molar-refractivity contribution in [3.63, 3.8) is 0 Å². The first-order chi connectivity index (χ1) is 30.3. The number of nitrogens with zero attached hydrogens (tertiary/aromatic N) is 1. The molecule has 1 aromatic heterocycles. The lowest BCUT2D eigenvalue weighted by Crippen LogP contribution is -2.28. The molecule has 1 aliphatic rings. The Bertz CT molecular complexity index is 3380. The zero-order valence-electron chi connectivity index (χ0n) is 33.4. The molecule has 12 rings (SSSR count). The summed E-state index contributed by atoms with van der Waals surface area (Å²) in [6.45, 7) is 0. The first kappa shape index (κ1) is 35.0. The van der Waals surface area contributed by atoms with Crippen molar-refractivity contribution >= 4 is 49.8 Å². The van der Waals surface area contributed by atoms with Gasteiger partial charge in [-0.3, -0.25) is 0 Å². The van der Waals surface area contributed by atoms with Crippen molar-refractivity contribution in [3.05, 3.63) is 259 Å². The van der Waals surface area contributed by atoms with E-state index < -0.39 is 5.41 Å². The van der Waals surface area contributed by atoms with Crippen molar-refractivity contribution in [1.82, 2.24) is 0 Å². The molecule has 0 atom stereocenters. The lowest BCUT2D eigenvalue weighted by molar-refractivity contribution is 0.670. The van der Waals surface area contributed by atoms with Gasteiger partial charge in [0.15, 0.2) is 0 Å². The predicted octanol–water partition coefficient (Wildman–Crippen LogP) is 15.9. The number of furan rings is 1. The van der Waals surface area contributed by atoms with Crippen molar-refractivity contribution in [1.29, 1.82) is 0 Å². The molecule has 10 aromatic carbocycles. The topological polar surface area (TPSA) is 16.4 Å². The lowest BCUT2D eigenvalue weighted by atomic mass is 9.68. The van der Waals surface area contributed by atoms with Crippen molar-refractivity contribution in [2.75, 3.05) is 4.90 Å². The van der Waals surface area contributed by atoms with Gasteiger partial charge in [-0.25, -0.2) is 0 Å². The Hall–Kier alpha value is -7.94. The summed E-state index contributed by atoms with van der Waals surface area (Å²) in [6, 6.07) is 86.0. The maximum Gasteiger partial charge on any atom is 0.145 e. The van der Waals surface area contributed by atoms with E-state index in [0.29, 0.717) is 0 Å². The van der Waals surface area contributed by atoms with Crippen LogP contribution in [0.25, 0.3) is 66.1 Å². The van der Waals surface area contributed by atoms with Gasteiger partial charge in [0.25, 0.3) is 0 Å². The predicted molar refractivity (Wildman–Crippen MR) is 254 cm³/mol. The molecule has 0 spiro atoms. The Kier molecular flexibility index (Phi) is 8.11. The molecule has 61 heavy (non-hydrogen) atoms. The van der Waals surface area contributed by atoms with Gasteiger partial charge in [0.05, 0.1) is 27.9 Å². The summed E-state index contributed by atoms with van der Waals surface area (Å²) < 4.78 is 6.93. The van der Waals surface area contributed by atoms with E-state index in [1.54, 1.807) is 0 Å². The molecule has 0 bridgehead atoms. The molecule has 0 saturated carbocycles. The van der Waals surface area contributed by atoms with Crippen molar-refractivity contribution < 1.29 is 4.42 Å². The smallest absolute Gasteiger partial charge is 0.145 e. The van der Waals surface area contributed by atoms with E-state index >= 15 is 0 Å². The van der Waals surface area contributed by atoms with E-state index in [1.807, 2.05) is 0 Å². The summed E-state index contributed by atoms with van der Waals surface area (Å²) in [5.74, 6) is 0. The fraction of sp³-hybridized carbons (Fsp3) is 0.0169. The maximum absolute atomic E-state index is 6.93. The van der Waals surface area contributed by atoms with Crippen molar-refractivity contribution in [2.24, 2.45) is 0 Å². The summed E-state index contributed by atoms with van der Waals surface area (Å²) in [6.07, 6.45) is 0. The number of hydrogen-bond acceptors (Lipinski definition) is 2. The molecule has 0 saturated heterocycles. The first-order valence-electron chi connectivity index (χ1n) is 21.0. The second kappa shape index (κ2) is 14.1. The molecule has 0 fully saturated rings. The van der Waals surface area contributed by atoms with Crippen LogP contribution < -0.4 is 4.90 Å². The molecule has 0 unspecified atom stereocenters. The molecule has 1 heterocycles. The second-order valence-corrected chi connectivity index (χ2v) is 15.9. The third-order valence-electron chi connectivity index (χ3n) is 12.7. The van der Waals surface area contributed by atoms with Crippen LogP contribution in [0.3, 0.4) is 0 Å². The van der Waals surface area contributed by atoms with Crippen LogP contribution in [-0.2, 0) is 5.41 Å². The largest absolute Gasteiger partial charge is 0.455 e. The molecule has 2 nitrogen and oxygen atoms in total. The van der Waals surface area contributed by atoms with E-state index in [2.05, 4.69) is 241 Å². The van der Waals surface area contributed by atoms with Crippen LogP contribution in [0, 0.1) is 0 Å². The molecule has 0 amide bonds. The zero-order chi connectivity index (χ0) is 40.3. The van der Waals surface area contributed by atoms with Crippen molar-refractivity contribution in [2.45, 2.75) is 5.41 Å². The summed E-state index contributed by atoms with van der Waals surface area (Å²) in [5, 5.41) is 4.59. The highest BCUT2D eigenvalue weighted by Crippen LogP contribution is 2.60. The minimum atomic E-state index is -0.553. The van der Waals surface area contributed by atoms with Crippen LogP contribution in [0.5, 0.6) is 0 Å². The third kappa shape index (κ3) is 5.36. The first-order valence-corrected chi connectivity index (χ1v) is 21.0. The van der Waals surface area contributed by atoms with Crippen LogP contribution in [0.4, 0.5) is 17.1 Å². The van der Waals surface area contributed by atoms with Gasteiger partial charge in [-0.1, -0.05) is 200 Å². The Morgan fingerprint density at radius 1 is 0.361 bits per heavy atom. The normalized spacial score (nSPS) is 12.7. The third-order valence-corrected chi connectivity index (χ3v) is 12.7.